The molecule has 140 valence electrons. The number of halogens is 3. The first-order valence-corrected chi connectivity index (χ1v) is 8.46. The lowest BCUT2D eigenvalue weighted by atomic mass is 10.0. The summed E-state index contributed by atoms with van der Waals surface area (Å²) in [6, 6.07) is 0.148. The number of alkyl halides is 3. The van der Waals surface area contributed by atoms with Crippen molar-refractivity contribution < 1.29 is 18.0 Å². The van der Waals surface area contributed by atoms with E-state index in [1.165, 1.54) is 17.7 Å². The molecule has 8 heteroatoms. The van der Waals surface area contributed by atoms with Crippen LogP contribution in [0.1, 0.15) is 54.5 Å². The average Bonchev–Trinajstić information content (AvgIpc) is 2.90. The highest BCUT2D eigenvalue weighted by Crippen LogP contribution is 2.34. The van der Waals surface area contributed by atoms with E-state index in [1.807, 2.05) is 0 Å². The fraction of sp³-hybridized carbons (Fsp3) is 0.647. The molecule has 5 nitrogen and oxygen atoms in total. The molecular formula is C17H25F3N4O. The Labute approximate surface area is 145 Å². The third kappa shape index (κ3) is 4.23. The quantitative estimate of drug-likeness (QED) is 0.823. The van der Waals surface area contributed by atoms with Gasteiger partial charge in [0.25, 0.3) is 5.91 Å². The predicted molar refractivity (Wildman–Crippen MR) is 89.5 cm³/mol. The molecule has 0 spiro atoms. The number of likely N-dealkylation sites (tertiary alicyclic amines) is 1. The van der Waals surface area contributed by atoms with E-state index in [-0.39, 0.29) is 18.3 Å². The molecule has 2 heterocycles. The lowest BCUT2D eigenvalue weighted by Gasteiger charge is -2.35. The largest absolute Gasteiger partial charge is 0.435 e. The molecule has 0 radical (unpaired) electrons. The number of amides is 1. The second-order valence-corrected chi connectivity index (χ2v) is 6.63. The van der Waals surface area contributed by atoms with Gasteiger partial charge in [-0.1, -0.05) is 6.08 Å². The van der Waals surface area contributed by atoms with E-state index in [0.717, 1.165) is 19.4 Å². The first-order chi connectivity index (χ1) is 11.7. The maximum absolute atomic E-state index is 13.4. The summed E-state index contributed by atoms with van der Waals surface area (Å²) in [6.07, 6.45) is -1.62. The van der Waals surface area contributed by atoms with Gasteiger partial charge >= 0.3 is 6.18 Å². The fourth-order valence-corrected chi connectivity index (χ4v) is 3.25. The Balaban J connectivity index is 2.41. The first-order valence-electron chi connectivity index (χ1n) is 8.46. The number of piperidine rings is 1. The van der Waals surface area contributed by atoms with Crippen molar-refractivity contribution in [3.63, 3.8) is 0 Å². The number of hydrogen-bond donors (Lipinski definition) is 1. The van der Waals surface area contributed by atoms with Crippen molar-refractivity contribution in [2.75, 3.05) is 19.6 Å². The van der Waals surface area contributed by atoms with E-state index < -0.39 is 23.3 Å². The molecule has 0 aromatic carbocycles. The molecule has 2 rings (SSSR count). The number of rotatable bonds is 5. The molecule has 1 saturated heterocycles. The van der Waals surface area contributed by atoms with E-state index in [0.29, 0.717) is 12.6 Å². The lowest BCUT2D eigenvalue weighted by Crippen LogP contribution is -2.41. The number of nitrogens with zero attached hydrogens (tertiary/aromatic N) is 3. The second-order valence-electron chi connectivity index (χ2n) is 6.63. The van der Waals surface area contributed by atoms with Crippen LogP contribution in [0.5, 0.6) is 0 Å². The third-order valence-electron chi connectivity index (χ3n) is 4.56. The topological polar surface area (TPSA) is 50.2 Å². The summed E-state index contributed by atoms with van der Waals surface area (Å²) in [5.74, 6) is -0.771. The Kier molecular flexibility index (Phi) is 5.92. The molecule has 0 saturated carbocycles. The molecular weight excluding hydrogens is 333 g/mol. The van der Waals surface area contributed by atoms with Crippen LogP contribution in [-0.2, 0) is 6.18 Å². The van der Waals surface area contributed by atoms with Crippen molar-refractivity contribution in [1.82, 2.24) is 20.0 Å². The Morgan fingerprint density at radius 2 is 2.16 bits per heavy atom. The summed E-state index contributed by atoms with van der Waals surface area (Å²) in [6.45, 7) is 10.8. The summed E-state index contributed by atoms with van der Waals surface area (Å²) in [5, 5.41) is 6.23. The molecule has 1 aromatic rings. The molecule has 1 amide bonds. The average molecular weight is 358 g/mol. The van der Waals surface area contributed by atoms with Crippen LogP contribution in [0, 0.1) is 6.92 Å². The van der Waals surface area contributed by atoms with Gasteiger partial charge in [-0.3, -0.25) is 14.4 Å². The Morgan fingerprint density at radius 1 is 1.48 bits per heavy atom. The maximum Gasteiger partial charge on any atom is 0.435 e. The standard InChI is InChI=1S/C17H25F3N4O/c1-5-8-21-16(25)14-12(4)24(22-15(14)17(18,19)20)13-7-6-9-23(10-13)11(2)3/h5,11,13H,1,6-10H2,2-4H3,(H,21,25). The van der Waals surface area contributed by atoms with Gasteiger partial charge in [-0.05, 0) is 40.2 Å². The first kappa shape index (κ1) is 19.5. The minimum absolute atomic E-state index is 0.102. The second kappa shape index (κ2) is 7.59. The SMILES string of the molecule is C=CCNC(=O)c1c(C(F)(F)F)nn(C2CCCN(C(C)C)C2)c1C. The zero-order valence-electron chi connectivity index (χ0n) is 14.9. The molecule has 25 heavy (non-hydrogen) atoms. The zero-order valence-corrected chi connectivity index (χ0v) is 14.9. The van der Waals surface area contributed by atoms with Crippen LogP contribution in [0.3, 0.4) is 0 Å². The number of aromatic nitrogens is 2. The molecule has 0 bridgehead atoms. The van der Waals surface area contributed by atoms with E-state index in [4.69, 9.17) is 0 Å². The highest BCUT2D eigenvalue weighted by atomic mass is 19.4. The van der Waals surface area contributed by atoms with Crippen LogP contribution >= 0.6 is 0 Å². The summed E-state index contributed by atoms with van der Waals surface area (Å²) < 4.78 is 41.6. The minimum atomic E-state index is -4.68. The molecule has 1 aromatic heterocycles. The normalized spacial score (nSPS) is 19.2. The number of carbonyl (C=O) groups is 1. The number of hydrogen-bond acceptors (Lipinski definition) is 3. The predicted octanol–water partition coefficient (Wildman–Crippen LogP) is 3.17. The van der Waals surface area contributed by atoms with Gasteiger partial charge in [0.05, 0.1) is 11.6 Å². The molecule has 1 fully saturated rings. The van der Waals surface area contributed by atoms with Gasteiger partial charge in [0.2, 0.25) is 0 Å². The van der Waals surface area contributed by atoms with Crippen LogP contribution in [-0.4, -0.2) is 46.3 Å². The van der Waals surface area contributed by atoms with Crippen LogP contribution in [0.4, 0.5) is 13.2 Å². The minimum Gasteiger partial charge on any atom is -0.348 e. The molecule has 0 aliphatic carbocycles. The van der Waals surface area contributed by atoms with Crippen molar-refractivity contribution >= 4 is 5.91 Å². The van der Waals surface area contributed by atoms with Crippen molar-refractivity contribution in [3.05, 3.63) is 29.6 Å². The van der Waals surface area contributed by atoms with Crippen molar-refractivity contribution in [2.45, 2.75) is 51.9 Å². The molecule has 1 aliphatic heterocycles. The van der Waals surface area contributed by atoms with Gasteiger partial charge in [0.1, 0.15) is 0 Å². The van der Waals surface area contributed by atoms with Gasteiger partial charge in [-0.25, -0.2) is 0 Å². The van der Waals surface area contributed by atoms with Gasteiger partial charge in [-0.15, -0.1) is 6.58 Å². The Hall–Kier alpha value is -1.83. The summed E-state index contributed by atoms with van der Waals surface area (Å²) in [5.41, 5.74) is -1.26. The van der Waals surface area contributed by atoms with Crippen molar-refractivity contribution in [2.24, 2.45) is 0 Å². The van der Waals surface area contributed by atoms with Gasteiger partial charge in [-0.2, -0.15) is 18.3 Å². The molecule has 1 unspecified atom stereocenters. The van der Waals surface area contributed by atoms with Crippen LogP contribution in [0.25, 0.3) is 0 Å². The van der Waals surface area contributed by atoms with Gasteiger partial charge in [0.15, 0.2) is 5.69 Å². The van der Waals surface area contributed by atoms with E-state index in [1.54, 1.807) is 0 Å². The van der Waals surface area contributed by atoms with Crippen LogP contribution in [0.15, 0.2) is 12.7 Å². The summed E-state index contributed by atoms with van der Waals surface area (Å²) >= 11 is 0. The smallest absolute Gasteiger partial charge is 0.348 e. The van der Waals surface area contributed by atoms with E-state index in [2.05, 4.69) is 35.7 Å². The molecule has 1 N–H and O–H groups in total. The summed E-state index contributed by atoms with van der Waals surface area (Å²) in [4.78, 5) is 14.5. The van der Waals surface area contributed by atoms with Gasteiger partial charge < -0.3 is 5.32 Å². The van der Waals surface area contributed by atoms with Crippen molar-refractivity contribution in [1.29, 1.82) is 0 Å². The highest BCUT2D eigenvalue weighted by Gasteiger charge is 2.41. The Morgan fingerprint density at radius 3 is 2.72 bits per heavy atom. The van der Waals surface area contributed by atoms with E-state index in [9.17, 15) is 18.0 Å². The maximum atomic E-state index is 13.4. The van der Waals surface area contributed by atoms with Gasteiger partial charge in [0, 0.05) is 24.8 Å². The fourth-order valence-electron chi connectivity index (χ4n) is 3.25. The van der Waals surface area contributed by atoms with Crippen LogP contribution in [0.2, 0.25) is 0 Å². The third-order valence-corrected chi connectivity index (χ3v) is 4.56. The lowest BCUT2D eigenvalue weighted by molar-refractivity contribution is -0.142. The molecule has 1 aliphatic rings. The van der Waals surface area contributed by atoms with Crippen molar-refractivity contribution in [3.8, 4) is 0 Å². The molecule has 1 atom stereocenters. The highest BCUT2D eigenvalue weighted by molar-refractivity contribution is 5.96. The van der Waals surface area contributed by atoms with Crippen LogP contribution < -0.4 is 5.32 Å². The monoisotopic (exact) mass is 358 g/mol. The summed E-state index contributed by atoms with van der Waals surface area (Å²) in [7, 11) is 0. The number of nitrogens with one attached hydrogen (secondary N) is 1. The number of carbonyl (C=O) groups excluding carboxylic acids is 1. The zero-order chi connectivity index (χ0) is 18.8. The Bertz CT molecular complexity index is 637. The van der Waals surface area contributed by atoms with E-state index >= 15 is 0 Å².